The summed E-state index contributed by atoms with van der Waals surface area (Å²) in [4.78, 5) is 34.2. The van der Waals surface area contributed by atoms with E-state index < -0.39 is 0 Å². The van der Waals surface area contributed by atoms with Gasteiger partial charge >= 0.3 is 0 Å². The topological polar surface area (TPSA) is 55.9 Å². The van der Waals surface area contributed by atoms with Crippen LogP contribution in [0, 0.1) is 5.82 Å². The predicted molar refractivity (Wildman–Crippen MR) is 177 cm³/mol. The summed E-state index contributed by atoms with van der Waals surface area (Å²) in [5.74, 6) is -0.658. The number of carbonyl (C=O) groups is 2. The minimum Gasteiger partial charge on any atom is -0.369 e. The predicted octanol–water partition coefficient (Wildman–Crippen LogP) is 6.71. The molecule has 2 amide bonds. The van der Waals surface area contributed by atoms with Crippen LogP contribution in [0.3, 0.4) is 0 Å². The van der Waals surface area contributed by atoms with Gasteiger partial charge in [0.05, 0.1) is 17.1 Å². The van der Waals surface area contributed by atoms with Crippen LogP contribution >= 0.6 is 23.4 Å². The summed E-state index contributed by atoms with van der Waals surface area (Å²) in [6.45, 7) is 5.15. The van der Waals surface area contributed by atoms with Crippen molar-refractivity contribution in [2.24, 2.45) is 0 Å². The maximum Gasteiger partial charge on any atom is 0.265 e. The number of fused-ring (bicyclic) bond motifs is 1. The number of benzene rings is 4. The van der Waals surface area contributed by atoms with E-state index in [0.29, 0.717) is 22.6 Å². The first-order valence-corrected chi connectivity index (χ1v) is 15.8. The molecular formula is C35H32ClFN4O2S. The highest BCUT2D eigenvalue weighted by Gasteiger charge is 2.29. The number of hydrogen-bond donors (Lipinski definition) is 1. The van der Waals surface area contributed by atoms with Crippen LogP contribution in [0.1, 0.15) is 21.5 Å². The number of thioether (sulfide) groups is 1. The van der Waals surface area contributed by atoms with E-state index in [1.54, 1.807) is 35.2 Å². The van der Waals surface area contributed by atoms with Gasteiger partial charge < -0.3 is 15.1 Å². The van der Waals surface area contributed by atoms with Gasteiger partial charge in [0.1, 0.15) is 5.82 Å². The third kappa shape index (κ3) is 6.99. The molecule has 1 N–H and O–H groups in total. The van der Waals surface area contributed by atoms with Gasteiger partial charge in [0.2, 0.25) is 0 Å². The lowest BCUT2D eigenvalue weighted by molar-refractivity contribution is -0.114. The summed E-state index contributed by atoms with van der Waals surface area (Å²) in [5, 5.41) is 3.77. The van der Waals surface area contributed by atoms with Gasteiger partial charge in [-0.3, -0.25) is 14.5 Å². The zero-order valence-electron chi connectivity index (χ0n) is 24.1. The Kier molecular flexibility index (Phi) is 9.31. The monoisotopic (exact) mass is 626 g/mol. The first kappa shape index (κ1) is 29.9. The molecule has 0 radical (unpaired) electrons. The third-order valence-electron chi connectivity index (χ3n) is 7.85. The van der Waals surface area contributed by atoms with Crippen LogP contribution in [0.25, 0.3) is 6.08 Å². The fraction of sp³-hybridized carbons (Fsp3) is 0.200. The second-order valence-electron chi connectivity index (χ2n) is 10.7. The minimum atomic E-state index is -0.341. The lowest BCUT2D eigenvalue weighted by atomic mass is 10.1. The molecule has 0 aromatic heterocycles. The number of amides is 2. The Labute approximate surface area is 266 Å². The Morgan fingerprint density at radius 2 is 1.66 bits per heavy atom. The highest BCUT2D eigenvalue weighted by Crippen LogP contribution is 2.42. The van der Waals surface area contributed by atoms with Crippen molar-refractivity contribution in [1.82, 2.24) is 10.2 Å². The number of hydrogen-bond acceptors (Lipinski definition) is 5. The molecule has 0 atom stereocenters. The number of piperazine rings is 1. The molecule has 2 aliphatic rings. The Hall–Kier alpha value is -4.11. The first-order chi connectivity index (χ1) is 21.4. The van der Waals surface area contributed by atoms with E-state index in [4.69, 9.17) is 11.6 Å². The average molecular weight is 627 g/mol. The molecule has 0 bridgehead atoms. The largest absolute Gasteiger partial charge is 0.369 e. The van der Waals surface area contributed by atoms with E-state index in [0.717, 1.165) is 59.6 Å². The van der Waals surface area contributed by atoms with Crippen molar-refractivity contribution in [2.45, 2.75) is 11.4 Å². The lowest BCUT2D eigenvalue weighted by Crippen LogP contribution is -2.48. The van der Waals surface area contributed by atoms with Crippen LogP contribution in [-0.2, 0) is 11.3 Å². The number of carbonyl (C=O) groups excluding carboxylic acids is 2. The van der Waals surface area contributed by atoms with Crippen molar-refractivity contribution in [3.8, 4) is 0 Å². The molecule has 1 fully saturated rings. The molecule has 0 unspecified atom stereocenters. The van der Waals surface area contributed by atoms with Gasteiger partial charge in [-0.15, -0.1) is 0 Å². The van der Waals surface area contributed by atoms with Crippen molar-refractivity contribution >= 4 is 52.6 Å². The standard InChI is InChI=1S/C35H32ClFN4O2S/c36-28-7-5-8-29(23-28)40-20-18-39(19-21-40)17-16-38-34(42)26-14-12-25(13-15-26)22-33-35(43)41(24-27-6-1-2-9-30(27)37)31-10-3-4-11-32(31)44-33/h1-15,22-23H,16-21,24H2,(H,38,42). The molecule has 0 spiro atoms. The van der Waals surface area contributed by atoms with Crippen LogP contribution in [-0.4, -0.2) is 56.0 Å². The van der Waals surface area contributed by atoms with E-state index in [1.165, 1.54) is 17.8 Å². The fourth-order valence-corrected chi connectivity index (χ4v) is 6.67. The number of nitrogens with zero attached hydrogens (tertiary/aromatic N) is 3. The Morgan fingerprint density at radius 3 is 2.43 bits per heavy atom. The van der Waals surface area contributed by atoms with Crippen molar-refractivity contribution in [1.29, 1.82) is 0 Å². The van der Waals surface area contributed by atoms with E-state index in [2.05, 4.69) is 21.2 Å². The maximum atomic E-state index is 14.5. The summed E-state index contributed by atoms with van der Waals surface area (Å²) in [7, 11) is 0. The molecule has 4 aromatic rings. The zero-order valence-corrected chi connectivity index (χ0v) is 25.7. The Bertz CT molecular complexity index is 1690. The number of rotatable bonds is 8. The number of halogens is 2. The second-order valence-corrected chi connectivity index (χ2v) is 12.3. The van der Waals surface area contributed by atoms with Gasteiger partial charge in [0.15, 0.2) is 0 Å². The van der Waals surface area contributed by atoms with Gasteiger partial charge in [0, 0.05) is 66.0 Å². The highest BCUT2D eigenvalue weighted by molar-refractivity contribution is 8.04. The molecule has 44 heavy (non-hydrogen) atoms. The summed E-state index contributed by atoms with van der Waals surface area (Å²) >= 11 is 7.54. The van der Waals surface area contributed by atoms with Gasteiger partial charge in [-0.1, -0.05) is 71.9 Å². The molecule has 1 saturated heterocycles. The van der Waals surface area contributed by atoms with E-state index in [1.807, 2.05) is 60.7 Å². The van der Waals surface area contributed by atoms with E-state index in [-0.39, 0.29) is 24.2 Å². The van der Waals surface area contributed by atoms with Gasteiger partial charge in [-0.05, 0) is 60.2 Å². The summed E-state index contributed by atoms with van der Waals surface area (Å²) in [5.41, 5.74) is 3.72. The third-order valence-corrected chi connectivity index (χ3v) is 9.16. The average Bonchev–Trinajstić information content (AvgIpc) is 3.04. The smallest absolute Gasteiger partial charge is 0.265 e. The molecule has 2 aliphatic heterocycles. The van der Waals surface area contributed by atoms with Gasteiger partial charge in [0.25, 0.3) is 11.8 Å². The molecule has 224 valence electrons. The fourth-order valence-electron chi connectivity index (χ4n) is 5.43. The Morgan fingerprint density at radius 1 is 0.909 bits per heavy atom. The molecule has 2 heterocycles. The summed E-state index contributed by atoms with van der Waals surface area (Å²) < 4.78 is 14.5. The number of anilines is 2. The molecule has 6 rings (SSSR count). The molecule has 6 nitrogen and oxygen atoms in total. The molecule has 4 aromatic carbocycles. The van der Waals surface area contributed by atoms with Crippen molar-refractivity contribution in [3.63, 3.8) is 0 Å². The van der Waals surface area contributed by atoms with Crippen molar-refractivity contribution in [3.05, 3.63) is 129 Å². The van der Waals surface area contributed by atoms with Crippen LogP contribution in [0.4, 0.5) is 15.8 Å². The van der Waals surface area contributed by atoms with Crippen molar-refractivity contribution < 1.29 is 14.0 Å². The SMILES string of the molecule is O=C(NCCN1CCN(c2cccc(Cl)c2)CC1)c1ccc(C=C2Sc3ccccc3N(Cc3ccccc3F)C2=O)cc1. The quantitative estimate of drug-likeness (QED) is 0.220. The first-order valence-electron chi connectivity index (χ1n) is 14.6. The van der Waals surface area contributed by atoms with Gasteiger partial charge in [-0.2, -0.15) is 0 Å². The highest BCUT2D eigenvalue weighted by atomic mass is 35.5. The maximum absolute atomic E-state index is 14.5. The van der Waals surface area contributed by atoms with Crippen LogP contribution in [0.15, 0.2) is 107 Å². The van der Waals surface area contributed by atoms with Crippen LogP contribution < -0.4 is 15.1 Å². The van der Waals surface area contributed by atoms with E-state index >= 15 is 0 Å². The minimum absolute atomic E-state index is 0.130. The molecule has 0 saturated carbocycles. The number of para-hydroxylation sites is 1. The van der Waals surface area contributed by atoms with Crippen molar-refractivity contribution in [2.75, 3.05) is 49.1 Å². The lowest BCUT2D eigenvalue weighted by Gasteiger charge is -2.36. The normalized spacial score (nSPS) is 16.2. The van der Waals surface area contributed by atoms with E-state index in [9.17, 15) is 14.0 Å². The summed E-state index contributed by atoms with van der Waals surface area (Å²) in [6.07, 6.45) is 1.82. The summed E-state index contributed by atoms with van der Waals surface area (Å²) in [6, 6.07) is 29.3. The van der Waals surface area contributed by atoms with Crippen LogP contribution in [0.5, 0.6) is 0 Å². The van der Waals surface area contributed by atoms with Gasteiger partial charge in [-0.25, -0.2) is 4.39 Å². The molecule has 0 aliphatic carbocycles. The molecule has 9 heteroatoms. The zero-order chi connectivity index (χ0) is 30.5. The number of nitrogens with one attached hydrogen (secondary N) is 1. The second kappa shape index (κ2) is 13.7. The van der Waals surface area contributed by atoms with Crippen LogP contribution in [0.2, 0.25) is 5.02 Å². The Balaban J connectivity index is 1.04. The molecular weight excluding hydrogens is 595 g/mol.